The molecule has 0 saturated heterocycles. The van der Waals surface area contributed by atoms with E-state index in [1.165, 1.54) is 49.9 Å². The summed E-state index contributed by atoms with van der Waals surface area (Å²) in [5.74, 6) is 0.832. The summed E-state index contributed by atoms with van der Waals surface area (Å²) < 4.78 is 49.1. The molecule has 0 radical (unpaired) electrons. The number of nitrogens with one attached hydrogen (secondary N) is 1. The number of sulfonamides is 1. The van der Waals surface area contributed by atoms with Gasteiger partial charge < -0.3 is 18.6 Å². The number of rotatable bonds is 9. The number of hydrogen-bond acceptors (Lipinski definition) is 9. The molecule has 1 heterocycles. The van der Waals surface area contributed by atoms with Gasteiger partial charge in [-0.15, -0.1) is 5.10 Å². The summed E-state index contributed by atoms with van der Waals surface area (Å²) in [4.78, 5) is 12.9. The van der Waals surface area contributed by atoms with Crippen LogP contribution in [0.15, 0.2) is 45.7 Å². The van der Waals surface area contributed by atoms with Crippen molar-refractivity contribution in [2.24, 2.45) is 0 Å². The van der Waals surface area contributed by atoms with Gasteiger partial charge in [0.15, 0.2) is 11.5 Å². The van der Waals surface area contributed by atoms with Crippen molar-refractivity contribution >= 4 is 21.9 Å². The van der Waals surface area contributed by atoms with Crippen LogP contribution in [0, 0.1) is 0 Å². The van der Waals surface area contributed by atoms with Crippen LogP contribution in [0.25, 0.3) is 11.5 Å². The molecule has 1 aliphatic rings. The molecule has 0 bridgehead atoms. The zero-order chi connectivity index (χ0) is 26.6. The predicted octanol–water partition coefficient (Wildman–Crippen LogP) is 3.97. The average molecular weight is 531 g/mol. The molecule has 0 atom stereocenters. The second kappa shape index (κ2) is 11.2. The molecule has 12 heteroatoms. The first-order valence-electron chi connectivity index (χ1n) is 11.8. The number of ether oxygens (including phenoxy) is 3. The van der Waals surface area contributed by atoms with E-state index < -0.39 is 15.9 Å². The average Bonchev–Trinajstić information content (AvgIpc) is 3.40. The third-order valence-corrected chi connectivity index (χ3v) is 8.36. The number of amides is 1. The van der Waals surface area contributed by atoms with E-state index in [1.54, 1.807) is 19.2 Å². The van der Waals surface area contributed by atoms with Gasteiger partial charge in [0.1, 0.15) is 0 Å². The first-order chi connectivity index (χ1) is 17.8. The molecule has 4 rings (SSSR count). The third-order valence-electron chi connectivity index (χ3n) is 6.44. The molecule has 198 valence electrons. The van der Waals surface area contributed by atoms with Gasteiger partial charge in [-0.1, -0.05) is 24.4 Å². The Morgan fingerprint density at radius 1 is 0.973 bits per heavy atom. The quantitative estimate of drug-likeness (QED) is 0.436. The molecule has 2 aromatic carbocycles. The molecule has 0 aliphatic heterocycles. The molecular formula is C25H30N4O7S. The summed E-state index contributed by atoms with van der Waals surface area (Å²) in [5.41, 5.74) is 0.742. The van der Waals surface area contributed by atoms with Gasteiger partial charge in [0.25, 0.3) is 5.91 Å². The Kier molecular flexibility index (Phi) is 7.98. The summed E-state index contributed by atoms with van der Waals surface area (Å²) in [6, 6.07) is 8.92. The molecule has 11 nitrogen and oxygen atoms in total. The van der Waals surface area contributed by atoms with Crippen molar-refractivity contribution in [3.63, 3.8) is 0 Å². The molecule has 1 aliphatic carbocycles. The molecule has 1 amide bonds. The topological polar surface area (TPSA) is 133 Å². The van der Waals surface area contributed by atoms with E-state index in [1.807, 2.05) is 0 Å². The number of benzene rings is 2. The smallest absolute Gasteiger partial charge is 0.322 e. The monoisotopic (exact) mass is 530 g/mol. The molecule has 0 unspecified atom stereocenters. The molecule has 3 aromatic rings. The first kappa shape index (κ1) is 26.4. The van der Waals surface area contributed by atoms with Crippen molar-refractivity contribution in [2.45, 2.75) is 43.0 Å². The maximum atomic E-state index is 13.0. The number of aromatic nitrogens is 2. The normalized spacial score (nSPS) is 14.4. The van der Waals surface area contributed by atoms with Gasteiger partial charge in [-0.3, -0.25) is 10.1 Å². The van der Waals surface area contributed by atoms with Crippen molar-refractivity contribution in [3.05, 3.63) is 42.0 Å². The van der Waals surface area contributed by atoms with Crippen LogP contribution in [0.1, 0.15) is 42.5 Å². The van der Waals surface area contributed by atoms with Crippen molar-refractivity contribution in [1.29, 1.82) is 0 Å². The number of hydrogen-bond donors (Lipinski definition) is 1. The molecule has 1 aromatic heterocycles. The van der Waals surface area contributed by atoms with Crippen molar-refractivity contribution < 1.29 is 31.8 Å². The van der Waals surface area contributed by atoms with Crippen LogP contribution in [0.2, 0.25) is 0 Å². The van der Waals surface area contributed by atoms with Gasteiger partial charge in [0.05, 0.1) is 26.2 Å². The molecule has 1 fully saturated rings. The molecule has 37 heavy (non-hydrogen) atoms. The fourth-order valence-electron chi connectivity index (χ4n) is 4.35. The van der Waals surface area contributed by atoms with Crippen molar-refractivity contribution in [3.8, 4) is 28.7 Å². The molecule has 1 saturated carbocycles. The minimum atomic E-state index is -3.65. The summed E-state index contributed by atoms with van der Waals surface area (Å²) in [7, 11) is 2.45. The van der Waals surface area contributed by atoms with Crippen LogP contribution in [0.4, 0.5) is 6.01 Å². The van der Waals surface area contributed by atoms with E-state index in [0.717, 1.165) is 32.1 Å². The summed E-state index contributed by atoms with van der Waals surface area (Å²) in [5, 5.41) is 10.4. The van der Waals surface area contributed by atoms with Crippen LogP contribution in [-0.2, 0) is 10.0 Å². The summed E-state index contributed by atoms with van der Waals surface area (Å²) >= 11 is 0. The van der Waals surface area contributed by atoms with Gasteiger partial charge in [0.2, 0.25) is 21.7 Å². The Bertz CT molecular complexity index is 1320. The number of carbonyl (C=O) groups is 1. The lowest BCUT2D eigenvalue weighted by atomic mass is 9.96. The zero-order valence-electron chi connectivity index (χ0n) is 21.2. The van der Waals surface area contributed by atoms with Gasteiger partial charge in [-0.05, 0) is 49.2 Å². The van der Waals surface area contributed by atoms with Crippen LogP contribution in [0.3, 0.4) is 0 Å². The highest BCUT2D eigenvalue weighted by Crippen LogP contribution is 2.41. The SMILES string of the molecule is COc1cc(-c2nnc(NC(=O)c3ccc(S(=O)(=O)N(C)C4CCCCC4)cc3)o2)cc(OC)c1OC. The van der Waals surface area contributed by atoms with Crippen LogP contribution in [0.5, 0.6) is 17.2 Å². The second-order valence-electron chi connectivity index (χ2n) is 8.62. The Labute approximate surface area is 215 Å². The minimum absolute atomic E-state index is 0.000847. The summed E-state index contributed by atoms with van der Waals surface area (Å²) in [6.07, 6.45) is 4.91. The number of anilines is 1. The fraction of sp³-hybridized carbons (Fsp3) is 0.400. The molecular weight excluding hydrogens is 500 g/mol. The predicted molar refractivity (Wildman–Crippen MR) is 136 cm³/mol. The van der Waals surface area contributed by atoms with E-state index in [9.17, 15) is 13.2 Å². The van der Waals surface area contributed by atoms with E-state index in [0.29, 0.717) is 22.8 Å². The van der Waals surface area contributed by atoms with Crippen molar-refractivity contribution in [1.82, 2.24) is 14.5 Å². The minimum Gasteiger partial charge on any atom is -0.493 e. The fourth-order valence-corrected chi connectivity index (χ4v) is 5.77. The van der Waals surface area contributed by atoms with E-state index >= 15 is 0 Å². The highest BCUT2D eigenvalue weighted by Gasteiger charge is 2.29. The highest BCUT2D eigenvalue weighted by molar-refractivity contribution is 7.89. The largest absolute Gasteiger partial charge is 0.493 e. The number of nitrogens with zero attached hydrogens (tertiary/aromatic N) is 3. The Morgan fingerprint density at radius 2 is 1.59 bits per heavy atom. The van der Waals surface area contributed by atoms with E-state index in [4.69, 9.17) is 18.6 Å². The lowest BCUT2D eigenvalue weighted by Gasteiger charge is -2.30. The lowest BCUT2D eigenvalue weighted by molar-refractivity contribution is 0.102. The van der Waals surface area contributed by atoms with Gasteiger partial charge in [-0.2, -0.15) is 4.31 Å². The standard InChI is InChI=1S/C25H30N4O7S/c1-29(18-8-6-5-7-9-18)37(31,32)19-12-10-16(11-13-19)23(30)26-25-28-27-24(36-25)17-14-20(33-2)22(35-4)21(15-17)34-3/h10-15,18H,5-9H2,1-4H3,(H,26,28,30). The maximum absolute atomic E-state index is 13.0. The van der Waals surface area contributed by atoms with E-state index in [-0.39, 0.29) is 28.4 Å². The maximum Gasteiger partial charge on any atom is 0.322 e. The third kappa shape index (κ3) is 5.54. The van der Waals surface area contributed by atoms with Crippen molar-refractivity contribution in [2.75, 3.05) is 33.7 Å². The van der Waals surface area contributed by atoms with Crippen LogP contribution in [-0.4, -0.2) is 63.2 Å². The van der Waals surface area contributed by atoms with Crippen LogP contribution >= 0.6 is 0 Å². The second-order valence-corrected chi connectivity index (χ2v) is 10.6. The number of methoxy groups -OCH3 is 3. The van der Waals surface area contributed by atoms with Crippen LogP contribution < -0.4 is 19.5 Å². The molecule has 0 spiro atoms. The summed E-state index contributed by atoms with van der Waals surface area (Å²) in [6.45, 7) is 0. The first-order valence-corrected chi connectivity index (χ1v) is 13.3. The molecule has 1 N–H and O–H groups in total. The zero-order valence-corrected chi connectivity index (χ0v) is 22.0. The number of carbonyl (C=O) groups excluding carboxylic acids is 1. The van der Waals surface area contributed by atoms with Gasteiger partial charge >= 0.3 is 6.01 Å². The Balaban J connectivity index is 1.47. The van der Waals surface area contributed by atoms with Gasteiger partial charge in [0, 0.05) is 24.2 Å². The highest BCUT2D eigenvalue weighted by atomic mass is 32.2. The lowest BCUT2D eigenvalue weighted by Crippen LogP contribution is -2.38. The van der Waals surface area contributed by atoms with E-state index in [2.05, 4.69) is 15.5 Å². The Hall–Kier alpha value is -3.64. The Morgan fingerprint density at radius 3 is 2.16 bits per heavy atom. The van der Waals surface area contributed by atoms with Gasteiger partial charge in [-0.25, -0.2) is 8.42 Å².